The van der Waals surface area contributed by atoms with E-state index in [1.807, 2.05) is 0 Å². The third kappa shape index (κ3) is 5.17. The molecule has 1 atom stereocenters. The van der Waals surface area contributed by atoms with E-state index >= 15 is 0 Å². The highest BCUT2D eigenvalue weighted by Crippen LogP contribution is 2.20. The summed E-state index contributed by atoms with van der Waals surface area (Å²) in [5.74, 6) is 0.286. The van der Waals surface area contributed by atoms with Crippen molar-refractivity contribution in [2.45, 2.75) is 32.2 Å². The molecule has 0 aromatic heterocycles. The molecule has 0 radical (unpaired) electrons. The molecular formula is C14H29N3O3S. The molecule has 2 heterocycles. The van der Waals surface area contributed by atoms with Gasteiger partial charge in [0.05, 0.1) is 19.0 Å². The quantitative estimate of drug-likeness (QED) is 0.644. The molecule has 6 nitrogen and oxygen atoms in total. The Labute approximate surface area is 128 Å². The summed E-state index contributed by atoms with van der Waals surface area (Å²) in [6.07, 6.45) is 2.62. The lowest BCUT2D eigenvalue weighted by atomic mass is 10.2. The van der Waals surface area contributed by atoms with Crippen LogP contribution in [0, 0.1) is 0 Å². The zero-order valence-electron chi connectivity index (χ0n) is 13.1. The van der Waals surface area contributed by atoms with Crippen molar-refractivity contribution in [3.05, 3.63) is 0 Å². The summed E-state index contributed by atoms with van der Waals surface area (Å²) in [4.78, 5) is 2.38. The van der Waals surface area contributed by atoms with Gasteiger partial charge in [0.25, 0.3) is 0 Å². The number of rotatable bonds is 8. The Morgan fingerprint density at radius 3 is 2.67 bits per heavy atom. The van der Waals surface area contributed by atoms with Gasteiger partial charge >= 0.3 is 0 Å². The second-order valence-corrected chi connectivity index (χ2v) is 7.91. The van der Waals surface area contributed by atoms with Crippen molar-refractivity contribution in [2.24, 2.45) is 0 Å². The molecule has 2 aliphatic rings. The summed E-state index contributed by atoms with van der Waals surface area (Å²) in [7, 11) is -3.07. The van der Waals surface area contributed by atoms with Crippen LogP contribution in [0.1, 0.15) is 26.2 Å². The smallest absolute Gasteiger partial charge is 0.214 e. The lowest BCUT2D eigenvalue weighted by molar-refractivity contribution is 0.0197. The maximum atomic E-state index is 12.4. The van der Waals surface area contributed by atoms with E-state index in [1.165, 1.54) is 0 Å². The predicted molar refractivity (Wildman–Crippen MR) is 83.9 cm³/mol. The number of sulfonamides is 1. The highest BCUT2D eigenvalue weighted by Gasteiger charge is 2.34. The Kier molecular flexibility index (Phi) is 6.88. The molecule has 7 heteroatoms. The summed E-state index contributed by atoms with van der Waals surface area (Å²) < 4.78 is 31.8. The molecule has 0 bridgehead atoms. The number of hydrogen-bond donors (Lipinski definition) is 1. The topological polar surface area (TPSA) is 61.9 Å². The third-order valence-electron chi connectivity index (χ3n) is 4.34. The monoisotopic (exact) mass is 319 g/mol. The van der Waals surface area contributed by atoms with Gasteiger partial charge in [0.15, 0.2) is 0 Å². The second kappa shape index (κ2) is 8.43. The Balaban J connectivity index is 1.73. The van der Waals surface area contributed by atoms with Crippen molar-refractivity contribution >= 4 is 10.0 Å². The normalized spacial score (nSPS) is 25.5. The molecule has 0 saturated carbocycles. The van der Waals surface area contributed by atoms with Gasteiger partial charge in [-0.2, -0.15) is 0 Å². The number of hydrogen-bond acceptors (Lipinski definition) is 5. The largest absolute Gasteiger partial charge is 0.379 e. The van der Waals surface area contributed by atoms with Gasteiger partial charge in [0, 0.05) is 32.2 Å². The van der Waals surface area contributed by atoms with Crippen molar-refractivity contribution < 1.29 is 13.2 Å². The van der Waals surface area contributed by atoms with Crippen LogP contribution in [0.3, 0.4) is 0 Å². The number of nitrogens with one attached hydrogen (secondary N) is 1. The van der Waals surface area contributed by atoms with Crippen molar-refractivity contribution in [3.8, 4) is 0 Å². The minimum absolute atomic E-state index is 0.286. The molecule has 0 aromatic rings. The molecule has 2 rings (SSSR count). The molecule has 1 unspecified atom stereocenters. The molecule has 0 spiro atoms. The van der Waals surface area contributed by atoms with Crippen LogP contribution in [0.15, 0.2) is 0 Å². The average molecular weight is 319 g/mol. The first kappa shape index (κ1) is 17.1. The SMILES string of the molecule is CCNCCCCS(=O)(=O)N1CCC(N2CCOCC2)C1. The molecule has 21 heavy (non-hydrogen) atoms. The first-order valence-electron chi connectivity index (χ1n) is 8.14. The maximum absolute atomic E-state index is 12.4. The standard InChI is InChI=1S/C14H29N3O3S/c1-2-15-6-3-4-12-21(18,19)17-7-5-14(13-17)16-8-10-20-11-9-16/h14-15H,2-13H2,1H3. The summed E-state index contributed by atoms with van der Waals surface area (Å²) >= 11 is 0. The molecular weight excluding hydrogens is 290 g/mol. The van der Waals surface area contributed by atoms with E-state index in [1.54, 1.807) is 4.31 Å². The van der Waals surface area contributed by atoms with Crippen molar-refractivity contribution in [1.29, 1.82) is 0 Å². The van der Waals surface area contributed by atoms with Crippen LogP contribution in [-0.4, -0.2) is 81.9 Å². The third-order valence-corrected chi connectivity index (χ3v) is 6.26. The zero-order valence-corrected chi connectivity index (χ0v) is 13.9. The highest BCUT2D eigenvalue weighted by molar-refractivity contribution is 7.89. The van der Waals surface area contributed by atoms with Crippen LogP contribution in [0.25, 0.3) is 0 Å². The minimum Gasteiger partial charge on any atom is -0.379 e. The van der Waals surface area contributed by atoms with Gasteiger partial charge in [-0.3, -0.25) is 4.90 Å². The fourth-order valence-corrected chi connectivity index (χ4v) is 4.65. The van der Waals surface area contributed by atoms with Crippen molar-refractivity contribution in [3.63, 3.8) is 0 Å². The van der Waals surface area contributed by atoms with Crippen LogP contribution in [0.5, 0.6) is 0 Å². The lowest BCUT2D eigenvalue weighted by Gasteiger charge is -2.32. The zero-order chi connectivity index (χ0) is 15.1. The van der Waals surface area contributed by atoms with Gasteiger partial charge in [0.2, 0.25) is 10.0 Å². The van der Waals surface area contributed by atoms with Crippen LogP contribution in [-0.2, 0) is 14.8 Å². The van der Waals surface area contributed by atoms with E-state index in [0.29, 0.717) is 19.1 Å². The molecule has 0 amide bonds. The molecule has 2 saturated heterocycles. The van der Waals surface area contributed by atoms with E-state index in [4.69, 9.17) is 4.74 Å². The highest BCUT2D eigenvalue weighted by atomic mass is 32.2. The van der Waals surface area contributed by atoms with Gasteiger partial charge in [-0.1, -0.05) is 6.92 Å². The fourth-order valence-electron chi connectivity index (χ4n) is 3.04. The van der Waals surface area contributed by atoms with E-state index in [2.05, 4.69) is 17.1 Å². The first-order valence-corrected chi connectivity index (χ1v) is 9.74. The van der Waals surface area contributed by atoms with Crippen LogP contribution in [0.2, 0.25) is 0 Å². The Morgan fingerprint density at radius 2 is 1.95 bits per heavy atom. The van der Waals surface area contributed by atoms with Gasteiger partial charge in [-0.05, 0) is 32.4 Å². The first-order chi connectivity index (χ1) is 10.1. The number of unbranched alkanes of at least 4 members (excludes halogenated alkanes) is 1. The Bertz CT molecular complexity index is 396. The number of nitrogens with zero attached hydrogens (tertiary/aromatic N) is 2. The van der Waals surface area contributed by atoms with Crippen molar-refractivity contribution in [2.75, 3.05) is 58.2 Å². The van der Waals surface area contributed by atoms with Crippen LogP contribution >= 0.6 is 0 Å². The van der Waals surface area contributed by atoms with Crippen molar-refractivity contribution in [1.82, 2.24) is 14.5 Å². The van der Waals surface area contributed by atoms with E-state index < -0.39 is 10.0 Å². The Hall–Kier alpha value is -0.210. The van der Waals surface area contributed by atoms with Crippen LogP contribution in [0.4, 0.5) is 0 Å². The molecule has 124 valence electrons. The number of morpholine rings is 1. The maximum Gasteiger partial charge on any atom is 0.214 e. The van der Waals surface area contributed by atoms with Gasteiger partial charge in [-0.25, -0.2) is 12.7 Å². The Morgan fingerprint density at radius 1 is 1.19 bits per heavy atom. The summed E-state index contributed by atoms with van der Waals surface area (Å²) in [5.41, 5.74) is 0. The average Bonchev–Trinajstić information content (AvgIpc) is 2.99. The summed E-state index contributed by atoms with van der Waals surface area (Å²) in [6.45, 7) is 8.66. The fraction of sp³-hybridized carbons (Fsp3) is 1.00. The summed E-state index contributed by atoms with van der Waals surface area (Å²) in [5, 5.41) is 3.23. The lowest BCUT2D eigenvalue weighted by Crippen LogP contribution is -2.45. The van der Waals surface area contributed by atoms with Gasteiger partial charge in [0.1, 0.15) is 0 Å². The minimum atomic E-state index is -3.07. The molecule has 2 fully saturated rings. The second-order valence-electron chi connectivity index (χ2n) is 5.83. The molecule has 0 aliphatic carbocycles. The van der Waals surface area contributed by atoms with Gasteiger partial charge in [-0.15, -0.1) is 0 Å². The number of ether oxygens (including phenoxy) is 1. The van der Waals surface area contributed by atoms with Gasteiger partial charge < -0.3 is 10.1 Å². The molecule has 0 aromatic carbocycles. The van der Waals surface area contributed by atoms with Crippen LogP contribution < -0.4 is 5.32 Å². The molecule has 1 N–H and O–H groups in total. The van der Waals surface area contributed by atoms with E-state index in [-0.39, 0.29) is 5.75 Å². The molecule has 2 aliphatic heterocycles. The summed E-state index contributed by atoms with van der Waals surface area (Å²) in [6, 6.07) is 0.380. The van der Waals surface area contributed by atoms with E-state index in [0.717, 1.165) is 58.7 Å². The predicted octanol–water partition coefficient (Wildman–Crippen LogP) is 0.112. The van der Waals surface area contributed by atoms with E-state index in [9.17, 15) is 8.42 Å².